The predicted molar refractivity (Wildman–Crippen MR) is 138 cm³/mol. The maximum absolute atomic E-state index is 13.3. The van der Waals surface area contributed by atoms with Gasteiger partial charge in [0.25, 0.3) is 5.91 Å². The van der Waals surface area contributed by atoms with E-state index in [-0.39, 0.29) is 35.1 Å². The van der Waals surface area contributed by atoms with E-state index in [4.69, 9.17) is 11.6 Å². The number of urea groups is 1. The van der Waals surface area contributed by atoms with Crippen molar-refractivity contribution in [2.24, 2.45) is 0 Å². The van der Waals surface area contributed by atoms with Crippen LogP contribution >= 0.6 is 11.6 Å². The van der Waals surface area contributed by atoms with Gasteiger partial charge in [0, 0.05) is 43.4 Å². The van der Waals surface area contributed by atoms with Gasteiger partial charge in [0.15, 0.2) is 0 Å². The van der Waals surface area contributed by atoms with Gasteiger partial charge in [-0.3, -0.25) is 14.5 Å². The average molecular weight is 581 g/mol. The highest BCUT2D eigenvalue weighted by atomic mass is 35.5. The third kappa shape index (κ3) is 5.78. The Morgan fingerprint density at radius 3 is 2.35 bits per heavy atom. The molecule has 2 bridgehead atoms. The van der Waals surface area contributed by atoms with Crippen molar-refractivity contribution in [3.05, 3.63) is 64.4 Å². The largest absolute Gasteiger partial charge is 0.573 e. The maximum Gasteiger partial charge on any atom is 0.573 e. The highest BCUT2D eigenvalue weighted by molar-refractivity contribution is 6.33. The molecule has 13 heteroatoms. The fourth-order valence-electron chi connectivity index (χ4n) is 5.50. The first-order valence-electron chi connectivity index (χ1n) is 12.6. The van der Waals surface area contributed by atoms with Gasteiger partial charge in [-0.2, -0.15) is 0 Å². The number of fused-ring (bicyclic) bond motifs is 2. The van der Waals surface area contributed by atoms with E-state index in [9.17, 15) is 31.9 Å². The minimum absolute atomic E-state index is 0.0307. The van der Waals surface area contributed by atoms with Crippen LogP contribution in [0.15, 0.2) is 42.5 Å². The van der Waals surface area contributed by atoms with E-state index in [1.807, 2.05) is 0 Å². The summed E-state index contributed by atoms with van der Waals surface area (Å²) in [6.07, 6.45) is -0.983. The molecule has 8 nitrogen and oxygen atoms in total. The quantitative estimate of drug-likeness (QED) is 0.304. The zero-order chi connectivity index (χ0) is 28.8. The Labute approximate surface area is 232 Å². The van der Waals surface area contributed by atoms with E-state index < -0.39 is 35.1 Å². The summed E-state index contributed by atoms with van der Waals surface area (Å²) in [5.74, 6) is -2.02. The Hall–Kier alpha value is -3.64. The minimum Gasteiger partial charge on any atom is -0.404 e. The Morgan fingerprint density at radius 1 is 1.12 bits per heavy atom. The van der Waals surface area contributed by atoms with Gasteiger partial charge in [0.1, 0.15) is 17.6 Å². The third-order valence-electron chi connectivity index (χ3n) is 7.22. The van der Waals surface area contributed by atoms with Crippen LogP contribution in [0.1, 0.15) is 30.9 Å². The van der Waals surface area contributed by atoms with Gasteiger partial charge in [-0.15, -0.1) is 13.2 Å². The molecule has 1 N–H and O–H groups in total. The number of amides is 4. The van der Waals surface area contributed by atoms with Crippen LogP contribution in [0.4, 0.5) is 28.0 Å². The number of carbonyl (C=O) groups excluding carboxylic acids is 3. The monoisotopic (exact) mass is 580 g/mol. The van der Waals surface area contributed by atoms with Crippen molar-refractivity contribution in [3.8, 4) is 5.75 Å². The molecule has 5 rings (SSSR count). The number of carbonyl (C=O) groups is 3. The van der Waals surface area contributed by atoms with E-state index in [2.05, 4.69) is 15.0 Å². The number of rotatable bonds is 6. The number of hydrogen-bond acceptors (Lipinski definition) is 5. The highest BCUT2D eigenvalue weighted by Gasteiger charge is 2.42. The van der Waals surface area contributed by atoms with Gasteiger partial charge in [0.2, 0.25) is 5.91 Å². The fraction of sp³-hybridized carbons (Fsp3) is 0.370. The summed E-state index contributed by atoms with van der Waals surface area (Å²) in [4.78, 5) is 43.1. The summed E-state index contributed by atoms with van der Waals surface area (Å²) in [5, 5.41) is 1.97. The number of piperazine rings is 1. The van der Waals surface area contributed by atoms with Crippen LogP contribution in [0.2, 0.25) is 5.02 Å². The molecule has 3 aliphatic rings. The molecule has 0 saturated carbocycles. The molecule has 3 heterocycles. The molecule has 2 aromatic rings. The highest BCUT2D eigenvalue weighted by Crippen LogP contribution is 2.38. The lowest BCUT2D eigenvalue weighted by molar-refractivity contribution is -0.274. The van der Waals surface area contributed by atoms with E-state index in [1.165, 1.54) is 31.2 Å². The summed E-state index contributed by atoms with van der Waals surface area (Å²) in [5.41, 5.74) is 0.849. The number of anilines is 1. The molecule has 0 aromatic heterocycles. The van der Waals surface area contributed by atoms with Crippen LogP contribution in [0.3, 0.4) is 0 Å². The first-order valence-corrected chi connectivity index (χ1v) is 13.0. The summed E-state index contributed by atoms with van der Waals surface area (Å²) < 4.78 is 56.1. The second-order valence-electron chi connectivity index (χ2n) is 10.0. The number of likely N-dealkylation sites (tertiary alicyclic amines) is 1. The molecule has 3 aliphatic heterocycles. The molecule has 3 atom stereocenters. The van der Waals surface area contributed by atoms with Crippen molar-refractivity contribution in [2.45, 2.75) is 50.8 Å². The molecule has 3 unspecified atom stereocenters. The van der Waals surface area contributed by atoms with Crippen LogP contribution in [-0.4, -0.2) is 65.2 Å². The van der Waals surface area contributed by atoms with E-state index >= 15 is 0 Å². The van der Waals surface area contributed by atoms with Crippen LogP contribution in [0, 0.1) is 5.82 Å². The minimum atomic E-state index is -5.04. The lowest BCUT2D eigenvalue weighted by atomic mass is 10.1. The van der Waals surface area contributed by atoms with Gasteiger partial charge in [-0.1, -0.05) is 23.7 Å². The lowest BCUT2D eigenvalue weighted by Gasteiger charge is -2.40. The molecular formula is C27H25ClF4N4O4. The van der Waals surface area contributed by atoms with Crippen molar-refractivity contribution in [1.29, 1.82) is 0 Å². The van der Waals surface area contributed by atoms with Crippen molar-refractivity contribution in [2.75, 3.05) is 18.0 Å². The number of halogens is 5. The number of ether oxygens (including phenoxy) is 1. The Kier molecular flexibility index (Phi) is 7.49. The Morgan fingerprint density at radius 2 is 1.77 bits per heavy atom. The number of hydrogen-bond donors (Lipinski definition) is 1. The standard InChI is InChI=1S/C27H25ClF4N4O4/c1-15-25(38)36(26(39)33-15)22-11-21(28)23(40-27(30,31)32)10-17(22)4-9-24(37)35-19-7-8-20(35)14-34(13-19)12-16-2-5-18(29)6-3-16/h2-6,9-11,15,19-20H,7-8,12-14H2,1H3,(H,33,39)/b9-4+. The average Bonchev–Trinajstić information content (AvgIpc) is 3.29. The fourth-order valence-corrected chi connectivity index (χ4v) is 5.69. The van der Waals surface area contributed by atoms with Crippen molar-refractivity contribution < 1.29 is 36.7 Å². The third-order valence-corrected chi connectivity index (χ3v) is 7.51. The number of nitrogens with one attached hydrogen (secondary N) is 1. The lowest BCUT2D eigenvalue weighted by Crippen LogP contribution is -2.55. The smallest absolute Gasteiger partial charge is 0.404 e. The maximum atomic E-state index is 13.3. The van der Waals surface area contributed by atoms with Gasteiger partial charge in [-0.05, 0) is 55.7 Å². The molecule has 3 saturated heterocycles. The number of alkyl halides is 3. The van der Waals surface area contributed by atoms with Gasteiger partial charge in [-0.25, -0.2) is 14.1 Å². The summed E-state index contributed by atoms with van der Waals surface area (Å²) >= 11 is 6.01. The molecule has 0 aliphatic carbocycles. The van der Waals surface area contributed by atoms with Crippen LogP contribution < -0.4 is 15.0 Å². The molecule has 0 spiro atoms. The van der Waals surface area contributed by atoms with Crippen LogP contribution in [0.5, 0.6) is 5.75 Å². The predicted octanol–water partition coefficient (Wildman–Crippen LogP) is 4.71. The second-order valence-corrected chi connectivity index (χ2v) is 10.4. The van der Waals surface area contributed by atoms with Crippen molar-refractivity contribution in [3.63, 3.8) is 0 Å². The summed E-state index contributed by atoms with van der Waals surface area (Å²) in [6.45, 7) is 3.31. The first-order chi connectivity index (χ1) is 18.9. The molecule has 0 radical (unpaired) electrons. The topological polar surface area (TPSA) is 82.2 Å². The van der Waals surface area contributed by atoms with Crippen LogP contribution in [-0.2, 0) is 16.1 Å². The second kappa shape index (κ2) is 10.7. The zero-order valence-corrected chi connectivity index (χ0v) is 22.0. The van der Waals surface area contributed by atoms with E-state index in [1.54, 1.807) is 17.0 Å². The van der Waals surface area contributed by atoms with Gasteiger partial charge >= 0.3 is 12.4 Å². The molecule has 40 heavy (non-hydrogen) atoms. The number of benzene rings is 2. The van der Waals surface area contributed by atoms with Crippen LogP contribution in [0.25, 0.3) is 6.08 Å². The normalized spacial score (nSPS) is 23.3. The van der Waals surface area contributed by atoms with Crippen molar-refractivity contribution >= 4 is 41.2 Å². The Bertz CT molecular complexity index is 1350. The van der Waals surface area contributed by atoms with E-state index in [0.29, 0.717) is 19.6 Å². The number of nitrogens with zero attached hydrogens (tertiary/aromatic N) is 3. The first kappa shape index (κ1) is 27.9. The number of imide groups is 1. The van der Waals surface area contributed by atoms with E-state index in [0.717, 1.165) is 35.4 Å². The molecule has 4 amide bonds. The molecule has 2 aromatic carbocycles. The molecule has 212 valence electrons. The summed E-state index contributed by atoms with van der Waals surface area (Å²) in [7, 11) is 0. The zero-order valence-electron chi connectivity index (χ0n) is 21.3. The van der Waals surface area contributed by atoms with Gasteiger partial charge in [0.05, 0.1) is 10.7 Å². The Balaban J connectivity index is 1.37. The molecular weight excluding hydrogens is 556 g/mol. The van der Waals surface area contributed by atoms with Gasteiger partial charge < -0.3 is 15.0 Å². The molecule has 3 fully saturated rings. The van der Waals surface area contributed by atoms with Crippen molar-refractivity contribution in [1.82, 2.24) is 15.1 Å². The SMILES string of the molecule is CC1NC(=O)N(c2cc(Cl)c(OC(F)(F)F)cc2/C=C/C(=O)N2C3CCC2CN(Cc2ccc(F)cc2)C3)C1=O. The summed E-state index contributed by atoms with van der Waals surface area (Å²) in [6, 6.07) is 6.47.